The monoisotopic (exact) mass is 447 g/mol. The van der Waals surface area contributed by atoms with Crippen molar-refractivity contribution in [3.63, 3.8) is 0 Å². The predicted octanol–water partition coefficient (Wildman–Crippen LogP) is 3.85. The number of alkyl halides is 6. The van der Waals surface area contributed by atoms with Gasteiger partial charge in [-0.05, 0) is 18.2 Å². The molecule has 1 heterocycles. The second-order valence-electron chi connectivity index (χ2n) is 5.45. The Labute approximate surface area is 155 Å². The van der Waals surface area contributed by atoms with Crippen molar-refractivity contribution in [1.29, 1.82) is 0 Å². The molecule has 2 aromatic rings. The average molecular weight is 447 g/mol. The van der Waals surface area contributed by atoms with Crippen LogP contribution in [0.1, 0.15) is 12.5 Å². The molecule has 1 aromatic carbocycles. The number of halogens is 6. The van der Waals surface area contributed by atoms with Gasteiger partial charge in [-0.25, -0.2) is 16.8 Å². The summed E-state index contributed by atoms with van der Waals surface area (Å²) in [5.41, 5.74) is -7.47. The van der Waals surface area contributed by atoms with Crippen LogP contribution in [0, 0.1) is 0 Å². The van der Waals surface area contributed by atoms with E-state index in [1.807, 2.05) is 0 Å². The molecule has 1 aromatic heterocycles. The fourth-order valence-corrected chi connectivity index (χ4v) is 3.98. The van der Waals surface area contributed by atoms with E-state index >= 15 is 0 Å². The molecule has 0 saturated carbocycles. The van der Waals surface area contributed by atoms with E-state index in [-0.39, 0.29) is 5.56 Å². The standard InChI is InChI=1S/C15H11F6NO4S2/c1-2-27(23,24)12-7-10(14(16,17)18)8-22-13(12)9-3-5-11(6-4-9)28(25,26)15(19,20)21/h3-8H,2H2,1H3. The van der Waals surface area contributed by atoms with Crippen molar-refractivity contribution >= 4 is 19.7 Å². The van der Waals surface area contributed by atoms with Crippen LogP contribution < -0.4 is 0 Å². The zero-order valence-corrected chi connectivity index (χ0v) is 15.5. The van der Waals surface area contributed by atoms with Gasteiger partial charge in [0.2, 0.25) is 0 Å². The Morgan fingerprint density at radius 2 is 1.46 bits per heavy atom. The second-order valence-corrected chi connectivity index (χ2v) is 9.63. The number of nitrogens with zero attached hydrogens (tertiary/aromatic N) is 1. The Morgan fingerprint density at radius 3 is 1.89 bits per heavy atom. The van der Waals surface area contributed by atoms with Gasteiger partial charge in [-0.1, -0.05) is 19.1 Å². The van der Waals surface area contributed by atoms with Crippen LogP contribution in [0.25, 0.3) is 11.3 Å². The molecule has 0 aliphatic heterocycles. The van der Waals surface area contributed by atoms with Gasteiger partial charge in [0, 0.05) is 11.8 Å². The highest BCUT2D eigenvalue weighted by Crippen LogP contribution is 2.35. The molecule has 0 saturated heterocycles. The van der Waals surface area contributed by atoms with Gasteiger partial charge in [0.1, 0.15) is 0 Å². The Morgan fingerprint density at radius 1 is 0.929 bits per heavy atom. The predicted molar refractivity (Wildman–Crippen MR) is 85.6 cm³/mol. The van der Waals surface area contributed by atoms with E-state index in [2.05, 4.69) is 4.98 Å². The van der Waals surface area contributed by atoms with Gasteiger partial charge >= 0.3 is 11.7 Å². The summed E-state index contributed by atoms with van der Waals surface area (Å²) in [6, 6.07) is 3.19. The number of pyridine rings is 1. The molecule has 0 atom stereocenters. The normalized spacial score (nSPS) is 13.5. The molecule has 154 valence electrons. The summed E-state index contributed by atoms with van der Waals surface area (Å²) in [7, 11) is -9.81. The first-order valence-corrected chi connectivity index (χ1v) is 10.5. The van der Waals surface area contributed by atoms with E-state index in [0.717, 1.165) is 12.1 Å². The van der Waals surface area contributed by atoms with Crippen molar-refractivity contribution in [3.05, 3.63) is 42.1 Å². The maximum atomic E-state index is 12.9. The molecule has 0 bridgehead atoms. The Balaban J connectivity index is 2.66. The number of hydrogen-bond acceptors (Lipinski definition) is 5. The fraction of sp³-hybridized carbons (Fsp3) is 0.267. The van der Waals surface area contributed by atoms with Gasteiger partial charge in [0.25, 0.3) is 9.84 Å². The van der Waals surface area contributed by atoms with E-state index in [0.29, 0.717) is 24.4 Å². The number of benzene rings is 1. The summed E-state index contributed by atoms with van der Waals surface area (Å²) >= 11 is 0. The minimum atomic E-state index is -5.63. The molecule has 0 N–H and O–H groups in total. The molecule has 2 rings (SSSR count). The molecule has 0 aliphatic rings. The molecular weight excluding hydrogens is 436 g/mol. The Hall–Kier alpha value is -2.15. The van der Waals surface area contributed by atoms with Gasteiger partial charge in [-0.2, -0.15) is 26.3 Å². The molecule has 5 nitrogen and oxygen atoms in total. The fourth-order valence-electron chi connectivity index (χ4n) is 2.13. The molecular formula is C15H11F6NO4S2. The van der Waals surface area contributed by atoms with Gasteiger partial charge < -0.3 is 0 Å². The van der Waals surface area contributed by atoms with E-state index < -0.39 is 58.2 Å². The van der Waals surface area contributed by atoms with Crippen molar-refractivity contribution in [2.75, 3.05) is 5.75 Å². The summed E-state index contributed by atoms with van der Waals surface area (Å²) in [5, 5.41) is 0. The summed E-state index contributed by atoms with van der Waals surface area (Å²) < 4.78 is 123. The third-order valence-electron chi connectivity index (χ3n) is 3.64. The number of rotatable bonds is 4. The second kappa shape index (κ2) is 7.03. The van der Waals surface area contributed by atoms with Crippen LogP contribution in [-0.4, -0.2) is 33.1 Å². The van der Waals surface area contributed by atoms with Gasteiger partial charge in [-0.3, -0.25) is 4.98 Å². The molecule has 0 unspecified atom stereocenters. The largest absolute Gasteiger partial charge is 0.501 e. The van der Waals surface area contributed by atoms with E-state index in [1.54, 1.807) is 0 Å². The summed E-state index contributed by atoms with van der Waals surface area (Å²) in [5.74, 6) is -0.552. The Bertz CT molecular complexity index is 1090. The van der Waals surface area contributed by atoms with Crippen molar-refractivity contribution in [3.8, 4) is 11.3 Å². The lowest BCUT2D eigenvalue weighted by Crippen LogP contribution is -2.23. The van der Waals surface area contributed by atoms with Crippen LogP contribution in [-0.2, 0) is 25.9 Å². The van der Waals surface area contributed by atoms with Crippen LogP contribution in [0.2, 0.25) is 0 Å². The number of aromatic nitrogens is 1. The lowest BCUT2D eigenvalue weighted by Gasteiger charge is -2.13. The maximum absolute atomic E-state index is 12.9. The summed E-state index contributed by atoms with van der Waals surface area (Å²) in [4.78, 5) is 1.63. The Kier molecular flexibility index (Phi) is 5.56. The lowest BCUT2D eigenvalue weighted by molar-refractivity contribution is -0.138. The van der Waals surface area contributed by atoms with Crippen LogP contribution in [0.15, 0.2) is 46.3 Å². The van der Waals surface area contributed by atoms with Crippen LogP contribution in [0.3, 0.4) is 0 Å². The zero-order valence-electron chi connectivity index (χ0n) is 13.8. The molecule has 0 aliphatic carbocycles. The quantitative estimate of drug-likeness (QED) is 0.665. The van der Waals surface area contributed by atoms with Gasteiger partial charge in [0.05, 0.1) is 26.8 Å². The molecule has 0 fully saturated rings. The number of hydrogen-bond donors (Lipinski definition) is 0. The van der Waals surface area contributed by atoms with E-state index in [4.69, 9.17) is 0 Å². The van der Waals surface area contributed by atoms with Crippen molar-refractivity contribution < 1.29 is 43.2 Å². The summed E-state index contributed by atoms with van der Waals surface area (Å²) in [6.45, 7) is 1.19. The van der Waals surface area contributed by atoms with E-state index in [9.17, 15) is 43.2 Å². The zero-order chi connectivity index (χ0) is 21.5. The summed E-state index contributed by atoms with van der Waals surface area (Å²) in [6.07, 6.45) is -4.49. The highest BCUT2D eigenvalue weighted by Gasteiger charge is 2.46. The number of sulfone groups is 2. The highest BCUT2D eigenvalue weighted by molar-refractivity contribution is 7.92. The SMILES string of the molecule is CCS(=O)(=O)c1cc(C(F)(F)F)cnc1-c1ccc(S(=O)(=O)C(F)(F)F)cc1. The lowest BCUT2D eigenvalue weighted by atomic mass is 10.1. The van der Waals surface area contributed by atoms with Crippen molar-refractivity contribution in [2.45, 2.75) is 28.4 Å². The molecule has 0 amide bonds. The van der Waals surface area contributed by atoms with Crippen LogP contribution in [0.4, 0.5) is 26.3 Å². The first-order valence-electron chi connectivity index (χ1n) is 7.33. The van der Waals surface area contributed by atoms with E-state index in [1.165, 1.54) is 6.92 Å². The van der Waals surface area contributed by atoms with Gasteiger partial charge in [0.15, 0.2) is 9.84 Å². The molecule has 0 radical (unpaired) electrons. The topological polar surface area (TPSA) is 81.2 Å². The molecule has 13 heteroatoms. The van der Waals surface area contributed by atoms with Gasteiger partial charge in [-0.15, -0.1) is 0 Å². The van der Waals surface area contributed by atoms with Crippen molar-refractivity contribution in [1.82, 2.24) is 4.98 Å². The van der Waals surface area contributed by atoms with Crippen LogP contribution in [0.5, 0.6) is 0 Å². The third-order valence-corrected chi connectivity index (χ3v) is 6.88. The first-order chi connectivity index (χ1) is 12.6. The third kappa shape index (κ3) is 4.14. The molecule has 28 heavy (non-hydrogen) atoms. The highest BCUT2D eigenvalue weighted by atomic mass is 32.2. The first kappa shape index (κ1) is 22.1. The minimum absolute atomic E-state index is 0.165. The smallest absolute Gasteiger partial charge is 0.254 e. The average Bonchev–Trinajstić information content (AvgIpc) is 2.59. The molecule has 0 spiro atoms. The van der Waals surface area contributed by atoms with Crippen LogP contribution >= 0.6 is 0 Å². The van der Waals surface area contributed by atoms with Crippen molar-refractivity contribution in [2.24, 2.45) is 0 Å². The minimum Gasteiger partial charge on any atom is -0.254 e. The maximum Gasteiger partial charge on any atom is 0.501 e.